The number of Topliss-reactive ketones (excluding diaryl/α,β-unsaturated/α-hetero) is 1. The Hall–Kier alpha value is -2.09. The lowest BCUT2D eigenvalue weighted by Gasteiger charge is -2.06. The van der Waals surface area contributed by atoms with Gasteiger partial charge in [0.25, 0.3) is 0 Å². The molecule has 86 valence electrons. The molecule has 2 nitrogen and oxygen atoms in total. The van der Waals surface area contributed by atoms with Gasteiger partial charge < -0.3 is 5.32 Å². The highest BCUT2D eigenvalue weighted by Gasteiger charge is 2.02. The van der Waals surface area contributed by atoms with Crippen LogP contribution in [0, 0.1) is 0 Å². The second-order valence-electron chi connectivity index (χ2n) is 3.85. The Balaban J connectivity index is 2.11. The van der Waals surface area contributed by atoms with E-state index in [-0.39, 0.29) is 5.78 Å². The van der Waals surface area contributed by atoms with Gasteiger partial charge in [-0.25, -0.2) is 0 Å². The van der Waals surface area contributed by atoms with E-state index >= 15 is 0 Å². The second kappa shape index (κ2) is 5.30. The van der Waals surface area contributed by atoms with E-state index in [4.69, 9.17) is 0 Å². The number of hydrogen-bond donors (Lipinski definition) is 1. The van der Waals surface area contributed by atoms with Gasteiger partial charge in [0.2, 0.25) is 0 Å². The van der Waals surface area contributed by atoms with E-state index in [0.717, 1.165) is 16.9 Å². The van der Waals surface area contributed by atoms with Crippen molar-refractivity contribution >= 4 is 17.2 Å². The Morgan fingerprint density at radius 1 is 0.941 bits per heavy atom. The summed E-state index contributed by atoms with van der Waals surface area (Å²) in [6.45, 7) is 1.87. The predicted octanol–water partition coefficient (Wildman–Crippen LogP) is 4.02. The first-order chi connectivity index (χ1) is 8.29. The molecular weight excluding hydrogens is 210 g/mol. The van der Waals surface area contributed by atoms with Gasteiger partial charge in [-0.15, -0.1) is 0 Å². The second-order valence-corrected chi connectivity index (χ2v) is 3.85. The van der Waals surface area contributed by atoms with E-state index in [1.807, 2.05) is 61.5 Å². The number of benzene rings is 2. The van der Waals surface area contributed by atoms with Crippen LogP contribution in [0.1, 0.15) is 23.7 Å². The van der Waals surface area contributed by atoms with Crippen molar-refractivity contribution in [2.45, 2.75) is 13.3 Å². The summed E-state index contributed by atoms with van der Waals surface area (Å²) in [5.74, 6) is 0.177. The van der Waals surface area contributed by atoms with Gasteiger partial charge in [0.05, 0.1) is 0 Å². The summed E-state index contributed by atoms with van der Waals surface area (Å²) in [4.78, 5) is 11.5. The van der Waals surface area contributed by atoms with Crippen molar-refractivity contribution in [3.05, 3.63) is 60.2 Å². The Bertz CT molecular complexity index is 488. The van der Waals surface area contributed by atoms with E-state index in [1.54, 1.807) is 0 Å². The van der Waals surface area contributed by atoms with Crippen molar-refractivity contribution in [1.82, 2.24) is 0 Å². The topological polar surface area (TPSA) is 29.1 Å². The van der Waals surface area contributed by atoms with Crippen LogP contribution in [-0.4, -0.2) is 5.78 Å². The first kappa shape index (κ1) is 11.4. The van der Waals surface area contributed by atoms with Crippen molar-refractivity contribution in [2.75, 3.05) is 5.32 Å². The molecule has 0 spiro atoms. The van der Waals surface area contributed by atoms with E-state index in [1.165, 1.54) is 0 Å². The molecule has 0 saturated carbocycles. The van der Waals surface area contributed by atoms with Gasteiger partial charge in [-0.3, -0.25) is 4.79 Å². The smallest absolute Gasteiger partial charge is 0.162 e. The van der Waals surface area contributed by atoms with Crippen molar-refractivity contribution in [2.24, 2.45) is 0 Å². The van der Waals surface area contributed by atoms with Gasteiger partial charge in [-0.1, -0.05) is 25.1 Å². The average molecular weight is 225 g/mol. The molecule has 2 aromatic rings. The maximum atomic E-state index is 11.5. The number of carbonyl (C=O) groups excluding carboxylic acids is 1. The highest BCUT2D eigenvalue weighted by atomic mass is 16.1. The van der Waals surface area contributed by atoms with E-state index < -0.39 is 0 Å². The average Bonchev–Trinajstić information content (AvgIpc) is 2.40. The third-order valence-electron chi connectivity index (χ3n) is 2.59. The molecule has 1 N–H and O–H groups in total. The van der Waals surface area contributed by atoms with Gasteiger partial charge in [0.1, 0.15) is 0 Å². The van der Waals surface area contributed by atoms with Gasteiger partial charge in [-0.05, 0) is 36.4 Å². The number of nitrogens with one attached hydrogen (secondary N) is 1. The zero-order chi connectivity index (χ0) is 12.1. The molecule has 0 heterocycles. The normalized spacial score (nSPS) is 9.94. The fraction of sp³-hybridized carbons (Fsp3) is 0.133. The summed E-state index contributed by atoms with van der Waals surface area (Å²) >= 11 is 0. The fourth-order valence-electron chi connectivity index (χ4n) is 1.63. The van der Waals surface area contributed by atoms with Crippen LogP contribution in [0.15, 0.2) is 54.6 Å². The highest BCUT2D eigenvalue weighted by Crippen LogP contribution is 2.17. The Morgan fingerprint density at radius 3 is 2.12 bits per heavy atom. The van der Waals surface area contributed by atoms with Crippen LogP contribution in [0.4, 0.5) is 11.4 Å². The molecule has 0 saturated heterocycles. The number of carbonyl (C=O) groups is 1. The van der Waals surface area contributed by atoms with Gasteiger partial charge in [0, 0.05) is 23.4 Å². The number of ketones is 1. The minimum absolute atomic E-state index is 0.177. The Kier molecular flexibility index (Phi) is 3.55. The molecule has 2 heteroatoms. The number of hydrogen-bond acceptors (Lipinski definition) is 2. The minimum atomic E-state index is 0.177. The Morgan fingerprint density at radius 2 is 1.53 bits per heavy atom. The van der Waals surface area contributed by atoms with Gasteiger partial charge in [0.15, 0.2) is 5.78 Å². The van der Waals surface area contributed by atoms with E-state index in [9.17, 15) is 4.79 Å². The quantitative estimate of drug-likeness (QED) is 0.796. The maximum absolute atomic E-state index is 11.5. The summed E-state index contributed by atoms with van der Waals surface area (Å²) in [5, 5.41) is 3.28. The zero-order valence-corrected chi connectivity index (χ0v) is 9.81. The molecular formula is C15H15NO. The van der Waals surface area contributed by atoms with E-state index in [0.29, 0.717) is 6.42 Å². The van der Waals surface area contributed by atoms with Gasteiger partial charge in [-0.2, -0.15) is 0 Å². The first-order valence-corrected chi connectivity index (χ1v) is 5.75. The van der Waals surface area contributed by atoms with Crippen LogP contribution in [0.5, 0.6) is 0 Å². The molecule has 2 rings (SSSR count). The van der Waals surface area contributed by atoms with Crippen LogP contribution >= 0.6 is 0 Å². The third-order valence-corrected chi connectivity index (χ3v) is 2.59. The summed E-state index contributed by atoms with van der Waals surface area (Å²) in [6.07, 6.45) is 0.547. The molecule has 0 unspecified atom stereocenters. The minimum Gasteiger partial charge on any atom is -0.356 e. The fourth-order valence-corrected chi connectivity index (χ4v) is 1.63. The number of anilines is 2. The molecule has 0 aliphatic carbocycles. The summed E-state index contributed by atoms with van der Waals surface area (Å²) < 4.78 is 0. The molecule has 0 bridgehead atoms. The molecule has 0 aliphatic rings. The van der Waals surface area contributed by atoms with Crippen molar-refractivity contribution in [3.8, 4) is 0 Å². The standard InChI is InChI=1S/C15H15NO/c1-2-15(17)12-8-10-14(11-9-12)16-13-6-4-3-5-7-13/h3-11,16H,2H2,1H3. The van der Waals surface area contributed by atoms with Crippen LogP contribution in [-0.2, 0) is 0 Å². The molecule has 0 radical (unpaired) electrons. The van der Waals surface area contributed by atoms with Gasteiger partial charge >= 0.3 is 0 Å². The lowest BCUT2D eigenvalue weighted by molar-refractivity contribution is 0.0988. The third kappa shape index (κ3) is 2.94. The first-order valence-electron chi connectivity index (χ1n) is 5.75. The van der Waals surface area contributed by atoms with Crippen molar-refractivity contribution in [1.29, 1.82) is 0 Å². The van der Waals surface area contributed by atoms with Crippen molar-refractivity contribution in [3.63, 3.8) is 0 Å². The summed E-state index contributed by atoms with van der Waals surface area (Å²) in [7, 11) is 0. The highest BCUT2D eigenvalue weighted by molar-refractivity contribution is 5.96. The van der Waals surface area contributed by atoms with Crippen LogP contribution in [0.25, 0.3) is 0 Å². The monoisotopic (exact) mass is 225 g/mol. The SMILES string of the molecule is CCC(=O)c1ccc(Nc2ccccc2)cc1. The van der Waals surface area contributed by atoms with Crippen LogP contribution in [0.3, 0.4) is 0 Å². The largest absolute Gasteiger partial charge is 0.356 e. The predicted molar refractivity (Wildman–Crippen MR) is 70.8 cm³/mol. The zero-order valence-electron chi connectivity index (χ0n) is 9.81. The molecule has 0 amide bonds. The molecule has 0 aliphatic heterocycles. The lowest BCUT2D eigenvalue weighted by atomic mass is 10.1. The van der Waals surface area contributed by atoms with E-state index in [2.05, 4.69) is 5.32 Å². The van der Waals surface area contributed by atoms with Crippen LogP contribution < -0.4 is 5.32 Å². The van der Waals surface area contributed by atoms with Crippen LogP contribution in [0.2, 0.25) is 0 Å². The molecule has 2 aromatic carbocycles. The number of rotatable bonds is 4. The molecule has 17 heavy (non-hydrogen) atoms. The molecule has 0 fully saturated rings. The maximum Gasteiger partial charge on any atom is 0.162 e. The lowest BCUT2D eigenvalue weighted by Crippen LogP contribution is -1.96. The summed E-state index contributed by atoms with van der Waals surface area (Å²) in [6, 6.07) is 17.5. The molecule has 0 atom stereocenters. The molecule has 0 aromatic heterocycles. The van der Waals surface area contributed by atoms with Crippen molar-refractivity contribution < 1.29 is 4.79 Å². The Labute approximate surface area is 101 Å². The number of para-hydroxylation sites is 1. The summed E-state index contributed by atoms with van der Waals surface area (Å²) in [5.41, 5.74) is 2.80.